The maximum Gasteiger partial charge on any atom is 0.178 e. The van der Waals surface area contributed by atoms with Crippen molar-refractivity contribution in [1.82, 2.24) is 0 Å². The van der Waals surface area contributed by atoms with E-state index in [1.807, 2.05) is 12.2 Å². The van der Waals surface area contributed by atoms with Crippen molar-refractivity contribution in [3.8, 4) is 0 Å². The van der Waals surface area contributed by atoms with E-state index < -0.39 is 0 Å². The van der Waals surface area contributed by atoms with Crippen LogP contribution in [0.5, 0.6) is 0 Å². The van der Waals surface area contributed by atoms with Gasteiger partial charge in [-0.25, -0.2) is 0 Å². The van der Waals surface area contributed by atoms with Gasteiger partial charge in [-0.3, -0.25) is 4.79 Å². The molecule has 0 heterocycles. The van der Waals surface area contributed by atoms with Crippen LogP contribution in [-0.4, -0.2) is 5.78 Å². The van der Waals surface area contributed by atoms with Crippen LogP contribution in [0.1, 0.15) is 157 Å². The van der Waals surface area contributed by atoms with Crippen molar-refractivity contribution in [2.45, 2.75) is 157 Å². The van der Waals surface area contributed by atoms with Crippen LogP contribution in [0.2, 0.25) is 0 Å². The number of hydrogen-bond donors (Lipinski definition) is 0. The molecule has 0 aliphatic rings. The molecule has 0 rings (SSSR count). The Morgan fingerprint density at radius 1 is 0.500 bits per heavy atom. The van der Waals surface area contributed by atoms with Gasteiger partial charge in [-0.2, -0.15) is 0 Å². The molecule has 0 aliphatic heterocycles. The molecule has 0 aliphatic carbocycles. The lowest BCUT2D eigenvalue weighted by molar-refractivity contribution is -0.110. The van der Waals surface area contributed by atoms with Gasteiger partial charge in [0.2, 0.25) is 0 Å². The molecule has 1 nitrogen and oxygen atoms in total. The number of carbonyl (C=O) groups excluding carboxylic acids is 1. The van der Waals surface area contributed by atoms with Gasteiger partial charge in [0.25, 0.3) is 0 Å². The minimum Gasteiger partial charge on any atom is -0.290 e. The summed E-state index contributed by atoms with van der Waals surface area (Å²) in [5.74, 6) is 1.15. The maximum absolute atomic E-state index is 12.8. The number of carbonyl (C=O) groups is 1. The van der Waals surface area contributed by atoms with Crippen molar-refractivity contribution in [3.63, 3.8) is 0 Å². The SMILES string of the molecule is CCCCCCCCCCC(=CC(=O)C=C(CCCCCCCCCC)C(C)C)C(C)C. The number of hydrogen-bond acceptors (Lipinski definition) is 1. The summed E-state index contributed by atoms with van der Waals surface area (Å²) >= 11 is 0. The molecule has 0 fully saturated rings. The van der Waals surface area contributed by atoms with Gasteiger partial charge in [-0.1, -0.05) is 143 Å². The van der Waals surface area contributed by atoms with E-state index in [1.54, 1.807) is 0 Å². The molecule has 32 heavy (non-hydrogen) atoms. The molecule has 188 valence electrons. The van der Waals surface area contributed by atoms with Crippen LogP contribution in [0.25, 0.3) is 0 Å². The minimum atomic E-state index is 0.219. The average Bonchev–Trinajstić information content (AvgIpc) is 2.75. The topological polar surface area (TPSA) is 17.1 Å². The van der Waals surface area contributed by atoms with Gasteiger partial charge in [0.1, 0.15) is 0 Å². The highest BCUT2D eigenvalue weighted by Gasteiger charge is 2.09. The Morgan fingerprint density at radius 3 is 1.06 bits per heavy atom. The molecule has 0 spiro atoms. The fourth-order valence-corrected chi connectivity index (χ4v) is 4.39. The van der Waals surface area contributed by atoms with Crippen LogP contribution in [0.4, 0.5) is 0 Å². The van der Waals surface area contributed by atoms with Crippen LogP contribution in [0, 0.1) is 11.8 Å². The molecule has 0 N–H and O–H groups in total. The van der Waals surface area contributed by atoms with E-state index in [9.17, 15) is 4.79 Å². The zero-order valence-corrected chi connectivity index (χ0v) is 22.9. The van der Waals surface area contributed by atoms with Crippen molar-refractivity contribution in [2.75, 3.05) is 0 Å². The molecule has 0 saturated heterocycles. The number of unbranched alkanes of at least 4 members (excludes halogenated alkanes) is 14. The highest BCUT2D eigenvalue weighted by molar-refractivity contribution is 6.00. The zero-order chi connectivity index (χ0) is 24.0. The lowest BCUT2D eigenvalue weighted by atomic mass is 9.92. The second-order valence-electron chi connectivity index (χ2n) is 10.6. The minimum absolute atomic E-state index is 0.219. The summed E-state index contributed by atoms with van der Waals surface area (Å²) in [6.07, 6.45) is 27.6. The average molecular weight is 447 g/mol. The summed E-state index contributed by atoms with van der Waals surface area (Å²) in [4.78, 5) is 12.8. The molecular formula is C31H58O. The first-order chi connectivity index (χ1) is 15.4. The lowest BCUT2D eigenvalue weighted by Crippen LogP contribution is -2.02. The largest absolute Gasteiger partial charge is 0.290 e. The van der Waals surface area contributed by atoms with Gasteiger partial charge in [0, 0.05) is 0 Å². The second-order valence-corrected chi connectivity index (χ2v) is 10.6. The van der Waals surface area contributed by atoms with Gasteiger partial charge >= 0.3 is 0 Å². The molecular weight excluding hydrogens is 388 g/mol. The fourth-order valence-electron chi connectivity index (χ4n) is 4.39. The number of ketones is 1. The molecule has 0 unspecified atom stereocenters. The van der Waals surface area contributed by atoms with E-state index in [-0.39, 0.29) is 5.78 Å². The van der Waals surface area contributed by atoms with E-state index in [0.717, 1.165) is 12.8 Å². The van der Waals surface area contributed by atoms with Crippen LogP contribution < -0.4 is 0 Å². The summed E-state index contributed by atoms with van der Waals surface area (Å²) in [7, 11) is 0. The third-order valence-electron chi connectivity index (χ3n) is 6.78. The van der Waals surface area contributed by atoms with Gasteiger partial charge in [0.15, 0.2) is 5.78 Å². The second kappa shape index (κ2) is 22.0. The third kappa shape index (κ3) is 18.7. The molecule has 1 heteroatoms. The lowest BCUT2D eigenvalue weighted by Gasteiger charge is -2.13. The van der Waals surface area contributed by atoms with Crippen molar-refractivity contribution in [2.24, 2.45) is 11.8 Å². The molecule has 0 radical (unpaired) electrons. The van der Waals surface area contributed by atoms with E-state index in [1.165, 1.54) is 114 Å². The summed E-state index contributed by atoms with van der Waals surface area (Å²) in [5, 5.41) is 0. The Hall–Kier alpha value is -0.850. The van der Waals surface area contributed by atoms with Crippen molar-refractivity contribution >= 4 is 5.78 Å². The van der Waals surface area contributed by atoms with Gasteiger partial charge in [0.05, 0.1) is 0 Å². The highest BCUT2D eigenvalue weighted by Crippen LogP contribution is 2.22. The molecule has 0 saturated carbocycles. The fraction of sp³-hybridized carbons (Fsp3) is 0.839. The van der Waals surface area contributed by atoms with Crippen LogP contribution in [0.15, 0.2) is 23.3 Å². The summed E-state index contributed by atoms with van der Waals surface area (Å²) in [6, 6.07) is 0. The Labute approximate surface area is 202 Å². The Balaban J connectivity index is 4.41. The third-order valence-corrected chi connectivity index (χ3v) is 6.78. The summed E-state index contributed by atoms with van der Waals surface area (Å²) < 4.78 is 0. The molecule has 0 aromatic rings. The first-order valence-electron chi connectivity index (χ1n) is 14.4. The summed E-state index contributed by atoms with van der Waals surface area (Å²) in [5.41, 5.74) is 2.68. The van der Waals surface area contributed by atoms with Crippen LogP contribution >= 0.6 is 0 Å². The van der Waals surface area contributed by atoms with Gasteiger partial charge < -0.3 is 0 Å². The van der Waals surface area contributed by atoms with E-state index >= 15 is 0 Å². The van der Waals surface area contributed by atoms with Crippen molar-refractivity contribution in [1.29, 1.82) is 0 Å². The Kier molecular flexibility index (Phi) is 21.4. The van der Waals surface area contributed by atoms with E-state index in [2.05, 4.69) is 41.5 Å². The van der Waals surface area contributed by atoms with E-state index in [0.29, 0.717) is 11.8 Å². The molecule has 0 amide bonds. The Bertz CT molecular complexity index is 451. The molecule has 0 atom stereocenters. The number of rotatable bonds is 22. The predicted molar refractivity (Wildman–Crippen MR) is 145 cm³/mol. The van der Waals surface area contributed by atoms with E-state index in [4.69, 9.17) is 0 Å². The van der Waals surface area contributed by atoms with Gasteiger partial charge in [-0.15, -0.1) is 0 Å². The normalized spacial score (nSPS) is 12.9. The Morgan fingerprint density at radius 2 is 0.781 bits per heavy atom. The first-order valence-corrected chi connectivity index (χ1v) is 14.4. The first kappa shape index (κ1) is 31.1. The van der Waals surface area contributed by atoms with Crippen molar-refractivity contribution in [3.05, 3.63) is 23.3 Å². The monoisotopic (exact) mass is 446 g/mol. The molecule has 0 aromatic carbocycles. The molecule has 0 aromatic heterocycles. The van der Waals surface area contributed by atoms with Crippen LogP contribution in [-0.2, 0) is 4.79 Å². The maximum atomic E-state index is 12.8. The summed E-state index contributed by atoms with van der Waals surface area (Å²) in [6.45, 7) is 13.5. The predicted octanol–water partition coefficient (Wildman–Crippen LogP) is 10.8. The quantitative estimate of drug-likeness (QED) is 0.119. The zero-order valence-electron chi connectivity index (χ0n) is 22.9. The highest BCUT2D eigenvalue weighted by atomic mass is 16.1. The van der Waals surface area contributed by atoms with Crippen molar-refractivity contribution < 1.29 is 4.79 Å². The van der Waals surface area contributed by atoms with Gasteiger partial charge in [-0.05, 0) is 49.7 Å². The van der Waals surface area contributed by atoms with Crippen LogP contribution in [0.3, 0.4) is 0 Å². The smallest absolute Gasteiger partial charge is 0.178 e. The standard InChI is InChI=1S/C31H58O/c1-7-9-11-13-15-17-19-21-23-29(27(3)4)25-31(32)26-30(28(5)6)24-22-20-18-16-14-12-10-8-2/h25-28H,7-24H2,1-6H3. The number of allylic oxidation sites excluding steroid dienone is 4. The molecule has 0 bridgehead atoms.